The number of imide groups is 1. The highest BCUT2D eigenvalue weighted by molar-refractivity contribution is 7.18. The lowest BCUT2D eigenvalue weighted by molar-refractivity contribution is 0.0974. The Labute approximate surface area is 189 Å². The first-order valence-corrected chi connectivity index (χ1v) is 10.3. The number of aromatic nitrogens is 1. The molecule has 0 unspecified atom stereocenters. The number of hydrogen-bond donors (Lipinski definition) is 1. The van der Waals surface area contributed by atoms with Crippen molar-refractivity contribution < 1.29 is 28.2 Å². The molecule has 4 rings (SSSR count). The fourth-order valence-electron chi connectivity index (χ4n) is 2.99. The molecule has 0 aliphatic carbocycles. The maximum absolute atomic E-state index is 15.0. The van der Waals surface area contributed by atoms with Crippen LogP contribution in [0.5, 0.6) is 5.75 Å². The number of amides is 2. The van der Waals surface area contributed by atoms with E-state index in [0.29, 0.717) is 15.5 Å². The fraction of sp³-hybridized carbons (Fsp3) is 0.0455. The summed E-state index contributed by atoms with van der Waals surface area (Å²) in [6, 6.07) is 14.3. The average Bonchev–Trinajstić information content (AvgIpc) is 3.16. The lowest BCUT2D eigenvalue weighted by Crippen LogP contribution is -2.37. The Morgan fingerprint density at radius 2 is 1.84 bits per heavy atom. The summed E-state index contributed by atoms with van der Waals surface area (Å²) < 4.78 is 35.7. The molecule has 32 heavy (non-hydrogen) atoms. The maximum atomic E-state index is 15.0. The number of carbonyl (C=O) groups excluding carboxylic acids is 1. The Morgan fingerprint density at radius 1 is 1.09 bits per heavy atom. The smallest absolute Gasteiger partial charge is 0.419 e. The molecule has 0 bridgehead atoms. The van der Waals surface area contributed by atoms with Gasteiger partial charge in [0.25, 0.3) is 5.91 Å². The number of hydrogen-bond acceptors (Lipinski definition) is 5. The zero-order chi connectivity index (χ0) is 22.8. The van der Waals surface area contributed by atoms with Crippen LogP contribution >= 0.6 is 22.9 Å². The Bertz CT molecular complexity index is 1330. The second-order valence-electron chi connectivity index (χ2n) is 6.50. The first-order valence-electron chi connectivity index (χ1n) is 9.13. The van der Waals surface area contributed by atoms with Crippen LogP contribution in [-0.2, 0) is 6.61 Å². The molecule has 10 heteroatoms. The number of carboxylic acid groups (broad SMARTS) is 1. The highest BCUT2D eigenvalue weighted by atomic mass is 35.5. The quantitative estimate of drug-likeness (QED) is 0.376. The van der Waals surface area contributed by atoms with Crippen molar-refractivity contribution in [2.75, 3.05) is 4.90 Å². The summed E-state index contributed by atoms with van der Waals surface area (Å²) >= 11 is 7.25. The predicted molar refractivity (Wildman–Crippen MR) is 117 cm³/mol. The molecule has 0 radical (unpaired) electrons. The van der Waals surface area contributed by atoms with Crippen LogP contribution in [0.25, 0.3) is 10.2 Å². The summed E-state index contributed by atoms with van der Waals surface area (Å²) in [6.07, 6.45) is -1.68. The van der Waals surface area contributed by atoms with E-state index in [1.54, 1.807) is 24.3 Å². The van der Waals surface area contributed by atoms with Crippen LogP contribution in [0.1, 0.15) is 15.4 Å². The third-order valence-electron chi connectivity index (χ3n) is 4.42. The van der Waals surface area contributed by atoms with Gasteiger partial charge in [0.1, 0.15) is 23.0 Å². The van der Waals surface area contributed by atoms with E-state index >= 15 is 4.39 Å². The number of para-hydroxylation sites is 1. The standard InChI is InChI=1S/C22H13ClF2N2O4S/c23-12-6-9-17-15(10-12)26-18(32-17)11-31-16-8-7-14(24)19(20(16)25)21(28)27(22(29)30)13-4-2-1-3-5-13/h1-10H,11H2,(H,29,30). The van der Waals surface area contributed by atoms with E-state index in [4.69, 9.17) is 16.3 Å². The van der Waals surface area contributed by atoms with Gasteiger partial charge in [0.2, 0.25) is 0 Å². The van der Waals surface area contributed by atoms with E-state index in [2.05, 4.69) is 4.98 Å². The molecule has 1 N–H and O–H groups in total. The molecule has 0 spiro atoms. The average molecular weight is 475 g/mol. The van der Waals surface area contributed by atoms with E-state index in [9.17, 15) is 19.1 Å². The van der Waals surface area contributed by atoms with Gasteiger partial charge >= 0.3 is 6.09 Å². The number of benzene rings is 3. The van der Waals surface area contributed by atoms with Gasteiger partial charge in [-0.05, 0) is 42.5 Å². The Hall–Kier alpha value is -3.56. The number of thiazole rings is 1. The summed E-state index contributed by atoms with van der Waals surface area (Å²) in [5, 5.41) is 10.5. The number of rotatable bonds is 5. The van der Waals surface area contributed by atoms with Crippen molar-refractivity contribution in [2.24, 2.45) is 0 Å². The van der Waals surface area contributed by atoms with Crippen molar-refractivity contribution in [3.8, 4) is 5.75 Å². The minimum absolute atomic E-state index is 0.0525. The topological polar surface area (TPSA) is 79.7 Å². The molecular formula is C22H13ClF2N2O4S. The molecule has 3 aromatic carbocycles. The Kier molecular flexibility index (Phi) is 6.02. The van der Waals surface area contributed by atoms with Crippen LogP contribution in [0.3, 0.4) is 0 Å². The van der Waals surface area contributed by atoms with Crippen LogP contribution in [0, 0.1) is 11.6 Å². The summed E-state index contributed by atoms with van der Waals surface area (Å²) in [4.78, 5) is 29.1. The van der Waals surface area contributed by atoms with Crippen LogP contribution in [0.15, 0.2) is 60.7 Å². The molecule has 4 aromatic rings. The SMILES string of the molecule is O=C(O)N(C(=O)c1c(F)ccc(OCc2nc3cc(Cl)ccc3s2)c1F)c1ccccc1. The van der Waals surface area contributed by atoms with Crippen molar-refractivity contribution in [3.63, 3.8) is 0 Å². The van der Waals surface area contributed by atoms with E-state index in [1.165, 1.54) is 35.6 Å². The number of nitrogens with zero attached hydrogens (tertiary/aromatic N) is 2. The molecule has 0 aliphatic rings. The number of carbonyl (C=O) groups is 2. The van der Waals surface area contributed by atoms with Gasteiger partial charge < -0.3 is 9.84 Å². The van der Waals surface area contributed by atoms with Crippen LogP contribution < -0.4 is 9.64 Å². The third-order valence-corrected chi connectivity index (χ3v) is 5.67. The summed E-state index contributed by atoms with van der Waals surface area (Å²) in [5.74, 6) is -4.30. The fourth-order valence-corrected chi connectivity index (χ4v) is 4.02. The molecule has 1 heterocycles. The van der Waals surface area contributed by atoms with Crippen molar-refractivity contribution in [2.45, 2.75) is 6.61 Å². The molecule has 0 fully saturated rings. The Balaban J connectivity index is 1.63. The van der Waals surface area contributed by atoms with Crippen molar-refractivity contribution in [3.05, 3.63) is 87.9 Å². The first-order chi connectivity index (χ1) is 15.3. The molecule has 0 aliphatic heterocycles. The van der Waals surface area contributed by atoms with Gasteiger partial charge in [-0.1, -0.05) is 29.8 Å². The Morgan fingerprint density at radius 3 is 2.56 bits per heavy atom. The predicted octanol–water partition coefficient (Wildman–Crippen LogP) is 6.13. The normalized spacial score (nSPS) is 10.8. The highest BCUT2D eigenvalue weighted by Gasteiger charge is 2.31. The van der Waals surface area contributed by atoms with Crippen LogP contribution in [0.2, 0.25) is 5.02 Å². The molecule has 162 valence electrons. The zero-order valence-corrected chi connectivity index (χ0v) is 17.7. The molecular weight excluding hydrogens is 462 g/mol. The molecule has 0 saturated carbocycles. The molecule has 0 saturated heterocycles. The second kappa shape index (κ2) is 8.89. The second-order valence-corrected chi connectivity index (χ2v) is 8.05. The lowest BCUT2D eigenvalue weighted by Gasteiger charge is -2.18. The van der Waals surface area contributed by atoms with E-state index in [1.807, 2.05) is 0 Å². The van der Waals surface area contributed by atoms with Crippen LogP contribution in [-0.4, -0.2) is 22.1 Å². The zero-order valence-electron chi connectivity index (χ0n) is 16.1. The number of fused-ring (bicyclic) bond motifs is 1. The largest absolute Gasteiger partial charge is 0.483 e. The van der Waals surface area contributed by atoms with Crippen molar-refractivity contribution in [1.29, 1.82) is 0 Å². The third kappa shape index (κ3) is 4.25. The molecule has 0 atom stereocenters. The van der Waals surface area contributed by atoms with E-state index < -0.39 is 34.9 Å². The van der Waals surface area contributed by atoms with Gasteiger partial charge in [0.05, 0.1) is 15.9 Å². The lowest BCUT2D eigenvalue weighted by atomic mass is 10.1. The van der Waals surface area contributed by atoms with Gasteiger partial charge in [-0.25, -0.2) is 23.5 Å². The van der Waals surface area contributed by atoms with Gasteiger partial charge in [-0.15, -0.1) is 11.3 Å². The minimum atomic E-state index is -1.68. The van der Waals surface area contributed by atoms with Gasteiger partial charge in [0, 0.05) is 5.02 Å². The minimum Gasteiger partial charge on any atom is -0.483 e. The highest BCUT2D eigenvalue weighted by Crippen LogP contribution is 2.29. The van der Waals surface area contributed by atoms with E-state index in [0.717, 1.165) is 16.8 Å². The summed E-state index contributed by atoms with van der Waals surface area (Å²) in [5.41, 5.74) is -0.440. The number of anilines is 1. The molecule has 2 amide bonds. The summed E-state index contributed by atoms with van der Waals surface area (Å²) in [7, 11) is 0. The van der Waals surface area contributed by atoms with Crippen molar-refractivity contribution in [1.82, 2.24) is 4.98 Å². The van der Waals surface area contributed by atoms with Gasteiger partial charge in [-0.3, -0.25) is 4.79 Å². The monoisotopic (exact) mass is 474 g/mol. The first kappa shape index (κ1) is 21.7. The summed E-state index contributed by atoms with van der Waals surface area (Å²) in [6.45, 7) is -0.144. The molecule has 6 nitrogen and oxygen atoms in total. The van der Waals surface area contributed by atoms with Crippen molar-refractivity contribution >= 4 is 50.8 Å². The van der Waals surface area contributed by atoms with Gasteiger partial charge in [0.15, 0.2) is 11.6 Å². The van der Waals surface area contributed by atoms with Crippen LogP contribution in [0.4, 0.5) is 19.3 Å². The number of halogens is 3. The maximum Gasteiger partial charge on any atom is 0.419 e. The number of ether oxygens (including phenoxy) is 1. The molecule has 1 aromatic heterocycles. The van der Waals surface area contributed by atoms with E-state index in [-0.39, 0.29) is 17.2 Å². The van der Waals surface area contributed by atoms with Gasteiger partial charge in [-0.2, -0.15) is 0 Å².